The van der Waals surface area contributed by atoms with Gasteiger partial charge in [-0.05, 0) is 45.4 Å². The molecule has 1 atom stereocenters. The Morgan fingerprint density at radius 2 is 2.04 bits per heavy atom. The molecule has 0 spiro atoms. The smallest absolute Gasteiger partial charge is 0.222 e. The van der Waals surface area contributed by atoms with E-state index in [9.17, 15) is 4.79 Å². The van der Waals surface area contributed by atoms with Gasteiger partial charge in [0, 0.05) is 45.2 Å². The van der Waals surface area contributed by atoms with Gasteiger partial charge < -0.3 is 20.3 Å². The summed E-state index contributed by atoms with van der Waals surface area (Å²) >= 11 is 0. The van der Waals surface area contributed by atoms with Gasteiger partial charge in [0.2, 0.25) is 5.91 Å². The van der Waals surface area contributed by atoms with Gasteiger partial charge >= 0.3 is 0 Å². The van der Waals surface area contributed by atoms with E-state index in [-0.39, 0.29) is 0 Å². The van der Waals surface area contributed by atoms with E-state index in [1.807, 2.05) is 0 Å². The Hall–Kier alpha value is -1.30. The number of hydrogen-bond acceptors (Lipinski definition) is 3. The average Bonchev–Trinajstić information content (AvgIpc) is 3.11. The summed E-state index contributed by atoms with van der Waals surface area (Å²) in [7, 11) is 0. The first-order valence-corrected chi connectivity index (χ1v) is 11.2. The molecule has 1 aliphatic heterocycles. The summed E-state index contributed by atoms with van der Waals surface area (Å²) in [5.41, 5.74) is 0. The minimum atomic E-state index is 0.320. The van der Waals surface area contributed by atoms with Crippen molar-refractivity contribution in [2.75, 3.05) is 32.8 Å². The van der Waals surface area contributed by atoms with E-state index in [2.05, 4.69) is 34.4 Å². The highest BCUT2D eigenvalue weighted by molar-refractivity contribution is 5.80. The Morgan fingerprint density at radius 3 is 2.70 bits per heavy atom. The normalized spacial score (nSPS) is 20.1. The van der Waals surface area contributed by atoms with E-state index in [1.54, 1.807) is 0 Å². The summed E-state index contributed by atoms with van der Waals surface area (Å²) in [5, 5.41) is 6.73. The number of nitrogens with zero attached hydrogens (tertiary/aromatic N) is 2. The Labute approximate surface area is 165 Å². The van der Waals surface area contributed by atoms with Crippen LogP contribution in [0.5, 0.6) is 0 Å². The van der Waals surface area contributed by atoms with Gasteiger partial charge in [-0.2, -0.15) is 0 Å². The van der Waals surface area contributed by atoms with Gasteiger partial charge in [-0.3, -0.25) is 9.79 Å². The van der Waals surface area contributed by atoms with E-state index < -0.39 is 0 Å². The summed E-state index contributed by atoms with van der Waals surface area (Å²) in [5.74, 6) is 1.19. The molecule has 2 rings (SSSR count). The monoisotopic (exact) mass is 380 g/mol. The number of hydrogen-bond donors (Lipinski definition) is 2. The van der Waals surface area contributed by atoms with Crippen molar-refractivity contribution in [3.8, 4) is 0 Å². The quantitative estimate of drug-likeness (QED) is 0.328. The Bertz CT molecular complexity index is 449. The van der Waals surface area contributed by atoms with Crippen LogP contribution in [0.4, 0.5) is 0 Å². The zero-order valence-electron chi connectivity index (χ0n) is 17.5. The molecule has 156 valence electrons. The summed E-state index contributed by atoms with van der Waals surface area (Å²) in [6, 6.07) is 0.347. The van der Waals surface area contributed by atoms with Crippen LogP contribution in [-0.4, -0.2) is 61.7 Å². The molecule has 0 bridgehead atoms. The van der Waals surface area contributed by atoms with Crippen LogP contribution in [0.2, 0.25) is 0 Å². The maximum Gasteiger partial charge on any atom is 0.222 e. The number of guanidine groups is 1. The van der Waals surface area contributed by atoms with Crippen LogP contribution >= 0.6 is 0 Å². The van der Waals surface area contributed by atoms with Crippen LogP contribution < -0.4 is 10.6 Å². The molecule has 0 aromatic carbocycles. The number of amides is 1. The van der Waals surface area contributed by atoms with Gasteiger partial charge in [-0.25, -0.2) is 0 Å². The zero-order chi connectivity index (χ0) is 19.3. The van der Waals surface area contributed by atoms with E-state index in [0.29, 0.717) is 18.1 Å². The molecule has 2 N–H and O–H groups in total. The van der Waals surface area contributed by atoms with Crippen molar-refractivity contribution in [3.63, 3.8) is 0 Å². The average molecular weight is 381 g/mol. The van der Waals surface area contributed by atoms with Gasteiger partial charge in [0.1, 0.15) is 0 Å². The molecule has 1 unspecified atom stereocenters. The number of likely N-dealkylation sites (tertiary alicyclic amines) is 1. The molecule has 6 nitrogen and oxygen atoms in total. The molecular formula is C21H40N4O2. The van der Waals surface area contributed by atoms with Crippen molar-refractivity contribution in [3.05, 3.63) is 0 Å². The van der Waals surface area contributed by atoms with Crippen molar-refractivity contribution in [2.45, 2.75) is 90.2 Å². The van der Waals surface area contributed by atoms with E-state index in [4.69, 9.17) is 4.74 Å². The van der Waals surface area contributed by atoms with Crippen molar-refractivity contribution in [2.24, 2.45) is 4.99 Å². The minimum absolute atomic E-state index is 0.320. The second-order valence-corrected chi connectivity index (χ2v) is 7.71. The van der Waals surface area contributed by atoms with Gasteiger partial charge in [0.05, 0.1) is 6.10 Å². The van der Waals surface area contributed by atoms with Crippen LogP contribution in [-0.2, 0) is 9.53 Å². The van der Waals surface area contributed by atoms with Gasteiger partial charge in [-0.1, -0.05) is 26.2 Å². The van der Waals surface area contributed by atoms with Crippen LogP contribution in [0.15, 0.2) is 4.99 Å². The van der Waals surface area contributed by atoms with Crippen molar-refractivity contribution in [1.29, 1.82) is 0 Å². The first kappa shape index (κ1) is 22.0. The third-order valence-electron chi connectivity index (χ3n) is 5.61. The lowest BCUT2D eigenvalue weighted by Gasteiger charge is -2.27. The molecule has 0 aromatic heterocycles. The number of nitrogens with one attached hydrogen (secondary N) is 2. The van der Waals surface area contributed by atoms with E-state index in [0.717, 1.165) is 70.8 Å². The maximum absolute atomic E-state index is 11.9. The van der Waals surface area contributed by atoms with Crippen LogP contribution in [0.25, 0.3) is 0 Å². The first-order chi connectivity index (χ1) is 13.2. The molecule has 1 aliphatic carbocycles. The predicted octanol–water partition coefficient (Wildman–Crippen LogP) is 3.07. The molecule has 1 saturated heterocycles. The summed E-state index contributed by atoms with van der Waals surface area (Å²) in [6.07, 6.45) is 11.6. The van der Waals surface area contributed by atoms with Crippen LogP contribution in [0, 0.1) is 0 Å². The molecule has 27 heavy (non-hydrogen) atoms. The molecule has 1 saturated carbocycles. The van der Waals surface area contributed by atoms with Crippen LogP contribution in [0.1, 0.15) is 78.1 Å². The fourth-order valence-corrected chi connectivity index (χ4v) is 4.07. The Balaban J connectivity index is 1.64. The van der Waals surface area contributed by atoms with Crippen molar-refractivity contribution < 1.29 is 9.53 Å². The number of ether oxygens (including phenoxy) is 1. The highest BCUT2D eigenvalue weighted by Crippen LogP contribution is 2.20. The second kappa shape index (κ2) is 13.0. The number of aliphatic imine (C=N–C) groups is 1. The largest absolute Gasteiger partial charge is 0.378 e. The maximum atomic E-state index is 11.9. The Kier molecular flexibility index (Phi) is 10.6. The van der Waals surface area contributed by atoms with Crippen molar-refractivity contribution >= 4 is 11.9 Å². The van der Waals surface area contributed by atoms with Gasteiger partial charge in [0.15, 0.2) is 5.96 Å². The van der Waals surface area contributed by atoms with Crippen LogP contribution in [0.3, 0.4) is 0 Å². The standard InChI is InChI=1S/C21H40N4O2/c1-3-18(25-16-8-12-20(25)26)13-15-24-21(22-4-2)23-14-9-17-27-19-10-6-5-7-11-19/h18-19H,3-17H2,1-2H3,(H2,22,23,24). The van der Waals surface area contributed by atoms with Gasteiger partial charge in [0.25, 0.3) is 0 Å². The topological polar surface area (TPSA) is 66.0 Å². The molecule has 2 fully saturated rings. The van der Waals surface area contributed by atoms with E-state index >= 15 is 0 Å². The zero-order valence-corrected chi connectivity index (χ0v) is 17.5. The lowest BCUT2D eigenvalue weighted by atomic mass is 9.98. The number of carbonyl (C=O) groups excluding carboxylic acids is 1. The molecule has 1 amide bonds. The molecule has 1 heterocycles. The fraction of sp³-hybridized carbons (Fsp3) is 0.905. The highest BCUT2D eigenvalue weighted by Gasteiger charge is 2.26. The lowest BCUT2D eigenvalue weighted by molar-refractivity contribution is -0.129. The first-order valence-electron chi connectivity index (χ1n) is 11.2. The predicted molar refractivity (Wildman–Crippen MR) is 111 cm³/mol. The number of rotatable bonds is 11. The highest BCUT2D eigenvalue weighted by atomic mass is 16.5. The fourth-order valence-electron chi connectivity index (χ4n) is 4.07. The number of carbonyl (C=O) groups is 1. The third-order valence-corrected chi connectivity index (χ3v) is 5.61. The lowest BCUT2D eigenvalue weighted by Crippen LogP contribution is -2.42. The molecule has 6 heteroatoms. The second-order valence-electron chi connectivity index (χ2n) is 7.71. The van der Waals surface area contributed by atoms with Crippen molar-refractivity contribution in [1.82, 2.24) is 15.5 Å². The Morgan fingerprint density at radius 1 is 1.22 bits per heavy atom. The van der Waals surface area contributed by atoms with E-state index in [1.165, 1.54) is 32.1 Å². The van der Waals surface area contributed by atoms with Gasteiger partial charge in [-0.15, -0.1) is 0 Å². The summed E-state index contributed by atoms with van der Waals surface area (Å²) < 4.78 is 5.97. The summed E-state index contributed by atoms with van der Waals surface area (Å²) in [4.78, 5) is 18.7. The SMILES string of the molecule is CCNC(=NCCCOC1CCCCC1)NCCC(CC)N1CCCC1=O. The minimum Gasteiger partial charge on any atom is -0.378 e. The molecule has 0 radical (unpaired) electrons. The molecular weight excluding hydrogens is 340 g/mol. The summed E-state index contributed by atoms with van der Waals surface area (Å²) in [6.45, 7) is 8.46. The third kappa shape index (κ3) is 8.08. The molecule has 0 aromatic rings. The molecule has 2 aliphatic rings.